The van der Waals surface area contributed by atoms with Crippen LogP contribution in [0.3, 0.4) is 0 Å². The Hall–Kier alpha value is -4.42. The number of para-hydroxylation sites is 1. The molecule has 0 unspecified atom stereocenters. The summed E-state index contributed by atoms with van der Waals surface area (Å²) in [4.78, 5) is 32.4. The summed E-state index contributed by atoms with van der Waals surface area (Å²) in [6.07, 6.45) is 3.39. The van der Waals surface area contributed by atoms with Gasteiger partial charge in [-0.2, -0.15) is 5.26 Å². The second-order valence-corrected chi connectivity index (χ2v) is 10.4. The van der Waals surface area contributed by atoms with Crippen LogP contribution in [-0.2, 0) is 16.1 Å². The van der Waals surface area contributed by atoms with Crippen molar-refractivity contribution in [2.75, 3.05) is 6.61 Å². The molecule has 0 fully saturated rings. The van der Waals surface area contributed by atoms with Gasteiger partial charge in [-0.05, 0) is 57.5 Å². The first-order chi connectivity index (χ1) is 18.8. The van der Waals surface area contributed by atoms with Crippen molar-refractivity contribution in [3.63, 3.8) is 0 Å². The number of fused-ring (bicyclic) bond motifs is 2. The second-order valence-electron chi connectivity index (χ2n) is 9.43. The van der Waals surface area contributed by atoms with Crippen molar-refractivity contribution >= 4 is 34.3 Å². The second kappa shape index (κ2) is 10.8. The molecule has 1 aliphatic heterocycles. The number of aromatic nitrogens is 2. The molecule has 39 heavy (non-hydrogen) atoms. The number of benzene rings is 2. The molecule has 0 amide bonds. The largest absolute Gasteiger partial charge is 0.494 e. The highest BCUT2D eigenvalue weighted by Gasteiger charge is 2.33. The molecule has 0 N–H and O–H groups in total. The first kappa shape index (κ1) is 26.2. The van der Waals surface area contributed by atoms with E-state index in [1.165, 1.54) is 11.3 Å². The number of thiazole rings is 1. The van der Waals surface area contributed by atoms with Crippen LogP contribution in [-0.4, -0.2) is 27.8 Å². The van der Waals surface area contributed by atoms with Crippen molar-refractivity contribution in [1.82, 2.24) is 9.13 Å². The van der Waals surface area contributed by atoms with Crippen LogP contribution in [0.5, 0.6) is 5.75 Å². The van der Waals surface area contributed by atoms with Gasteiger partial charge in [0.2, 0.25) is 0 Å². The van der Waals surface area contributed by atoms with Gasteiger partial charge < -0.3 is 14.0 Å². The van der Waals surface area contributed by atoms with E-state index >= 15 is 0 Å². The molecule has 5 rings (SSSR count). The Morgan fingerprint density at radius 1 is 1.21 bits per heavy atom. The lowest BCUT2D eigenvalue weighted by atomic mass is 9.96. The average Bonchev–Trinajstić information content (AvgIpc) is 3.40. The minimum atomic E-state index is -0.703. The zero-order valence-corrected chi connectivity index (χ0v) is 23.0. The molecule has 2 aromatic heterocycles. The van der Waals surface area contributed by atoms with E-state index in [0.29, 0.717) is 33.0 Å². The summed E-state index contributed by atoms with van der Waals surface area (Å²) < 4.78 is 15.1. The fourth-order valence-corrected chi connectivity index (χ4v) is 5.86. The van der Waals surface area contributed by atoms with Gasteiger partial charge in [0.05, 0.1) is 40.6 Å². The first-order valence-electron chi connectivity index (χ1n) is 12.7. The number of rotatable bonds is 7. The van der Waals surface area contributed by atoms with Crippen LogP contribution in [0.2, 0.25) is 0 Å². The Labute approximate surface area is 229 Å². The molecule has 4 aromatic rings. The fourth-order valence-electron chi connectivity index (χ4n) is 4.83. The van der Waals surface area contributed by atoms with Crippen LogP contribution in [0.1, 0.15) is 44.9 Å². The van der Waals surface area contributed by atoms with Gasteiger partial charge in [-0.1, -0.05) is 41.7 Å². The van der Waals surface area contributed by atoms with Crippen LogP contribution < -0.4 is 19.6 Å². The van der Waals surface area contributed by atoms with E-state index in [1.54, 1.807) is 25.3 Å². The van der Waals surface area contributed by atoms with Crippen LogP contribution in [0.25, 0.3) is 17.0 Å². The average molecular weight is 541 g/mol. The molecule has 0 bridgehead atoms. The zero-order chi connectivity index (χ0) is 27.7. The lowest BCUT2D eigenvalue weighted by Gasteiger charge is -2.25. The van der Waals surface area contributed by atoms with Crippen LogP contribution in [0, 0.1) is 11.3 Å². The summed E-state index contributed by atoms with van der Waals surface area (Å²) in [5.74, 6) is 0.202. The predicted octanol–water partition coefficient (Wildman–Crippen LogP) is 4.06. The van der Waals surface area contributed by atoms with E-state index in [0.717, 1.165) is 22.0 Å². The maximum atomic E-state index is 14.0. The summed E-state index contributed by atoms with van der Waals surface area (Å²) in [6, 6.07) is 16.7. The normalized spacial score (nSPS) is 15.3. The summed E-state index contributed by atoms with van der Waals surface area (Å²) in [5, 5.41) is 10.2. The molecule has 0 saturated carbocycles. The zero-order valence-electron chi connectivity index (χ0n) is 22.2. The number of ether oxygens (including phenoxy) is 2. The summed E-state index contributed by atoms with van der Waals surface area (Å²) in [6.45, 7) is 7.99. The Morgan fingerprint density at radius 2 is 1.95 bits per heavy atom. The third-order valence-electron chi connectivity index (χ3n) is 6.44. The minimum Gasteiger partial charge on any atom is -0.494 e. The molecule has 9 heteroatoms. The highest BCUT2D eigenvalue weighted by Crippen LogP contribution is 2.32. The third-order valence-corrected chi connectivity index (χ3v) is 7.42. The van der Waals surface area contributed by atoms with Crippen molar-refractivity contribution < 1.29 is 14.3 Å². The lowest BCUT2D eigenvalue weighted by molar-refractivity contribution is -0.143. The van der Waals surface area contributed by atoms with Crippen molar-refractivity contribution in [3.8, 4) is 11.8 Å². The van der Waals surface area contributed by atoms with Gasteiger partial charge in [0.25, 0.3) is 5.56 Å². The molecule has 3 heterocycles. The lowest BCUT2D eigenvalue weighted by Crippen LogP contribution is -2.40. The van der Waals surface area contributed by atoms with Crippen molar-refractivity contribution in [1.29, 1.82) is 5.26 Å². The van der Waals surface area contributed by atoms with E-state index in [1.807, 2.05) is 72.3 Å². The monoisotopic (exact) mass is 540 g/mol. The standard InChI is InChI=1S/C30H28N4O4S/c1-5-37-22-12-10-20(11-13-22)27-26(29(36)38-18(2)3)19(4)32-30-34(27)28(35)25(39-30)16-21-17-33(15-14-31)24-9-7-6-8-23(21)24/h6-13,16-18,27H,5,15H2,1-4H3/b25-16+/t27-/m0/s1. The van der Waals surface area contributed by atoms with Crippen LogP contribution in [0.15, 0.2) is 75.8 Å². The summed E-state index contributed by atoms with van der Waals surface area (Å²) in [5.41, 5.74) is 3.09. The molecule has 0 saturated heterocycles. The van der Waals surface area contributed by atoms with E-state index in [2.05, 4.69) is 11.1 Å². The Kier molecular flexibility index (Phi) is 7.22. The molecule has 0 radical (unpaired) electrons. The van der Waals surface area contributed by atoms with E-state index in [4.69, 9.17) is 9.47 Å². The van der Waals surface area contributed by atoms with E-state index in [-0.39, 0.29) is 18.2 Å². The summed E-state index contributed by atoms with van der Waals surface area (Å²) in [7, 11) is 0. The number of nitriles is 1. The summed E-state index contributed by atoms with van der Waals surface area (Å²) >= 11 is 1.27. The Bertz CT molecular complexity index is 1820. The Morgan fingerprint density at radius 3 is 2.64 bits per heavy atom. The number of nitrogens with zero attached hydrogens (tertiary/aromatic N) is 4. The van der Waals surface area contributed by atoms with Crippen molar-refractivity contribution in [2.45, 2.75) is 46.4 Å². The number of carbonyl (C=O) groups excluding carboxylic acids is 1. The topological polar surface area (TPSA) is 98.6 Å². The van der Waals surface area contributed by atoms with Gasteiger partial charge in [-0.25, -0.2) is 9.79 Å². The predicted molar refractivity (Wildman–Crippen MR) is 150 cm³/mol. The number of hydrogen-bond acceptors (Lipinski definition) is 7. The molecule has 198 valence electrons. The fraction of sp³-hybridized carbons (Fsp3) is 0.267. The van der Waals surface area contributed by atoms with Crippen LogP contribution >= 0.6 is 11.3 Å². The molecule has 1 aliphatic rings. The smallest absolute Gasteiger partial charge is 0.338 e. The number of esters is 1. The minimum absolute atomic E-state index is 0.202. The van der Waals surface area contributed by atoms with E-state index in [9.17, 15) is 14.9 Å². The molecule has 2 aromatic carbocycles. The van der Waals surface area contributed by atoms with Crippen LogP contribution in [0.4, 0.5) is 0 Å². The third kappa shape index (κ3) is 4.91. The molecule has 1 atom stereocenters. The van der Waals surface area contributed by atoms with Gasteiger partial charge in [0.1, 0.15) is 12.3 Å². The maximum absolute atomic E-state index is 14.0. The molecule has 8 nitrogen and oxygen atoms in total. The molecular formula is C30H28N4O4S. The van der Waals surface area contributed by atoms with Gasteiger partial charge in [-0.15, -0.1) is 0 Å². The molecule has 0 aliphatic carbocycles. The molecule has 0 spiro atoms. The van der Waals surface area contributed by atoms with E-state index < -0.39 is 12.0 Å². The first-order valence-corrected chi connectivity index (χ1v) is 13.5. The van der Waals surface area contributed by atoms with Crippen molar-refractivity contribution in [2.24, 2.45) is 4.99 Å². The quantitative estimate of drug-likeness (QED) is 0.329. The van der Waals surface area contributed by atoms with Gasteiger partial charge in [0, 0.05) is 22.7 Å². The Balaban J connectivity index is 1.71. The number of allylic oxidation sites excluding steroid dienone is 1. The molecular weight excluding hydrogens is 512 g/mol. The van der Waals surface area contributed by atoms with Crippen molar-refractivity contribution in [3.05, 3.63) is 96.8 Å². The SMILES string of the molecule is CCOc1ccc([C@H]2C(C(=O)OC(C)C)=C(C)N=c3s/c(=C/c4cn(CC#N)c5ccccc45)c(=O)n32)cc1. The van der Waals surface area contributed by atoms with Gasteiger partial charge in [0.15, 0.2) is 4.80 Å². The van der Waals surface area contributed by atoms with Gasteiger partial charge in [-0.3, -0.25) is 9.36 Å². The number of carbonyl (C=O) groups is 1. The maximum Gasteiger partial charge on any atom is 0.338 e. The highest BCUT2D eigenvalue weighted by molar-refractivity contribution is 7.07. The highest BCUT2D eigenvalue weighted by atomic mass is 32.1. The number of hydrogen-bond donors (Lipinski definition) is 0. The van der Waals surface area contributed by atoms with Gasteiger partial charge >= 0.3 is 5.97 Å².